The normalized spacial score (nSPS) is 10.2. The summed E-state index contributed by atoms with van der Waals surface area (Å²) in [6, 6.07) is 13.7. The van der Waals surface area contributed by atoms with Crippen molar-refractivity contribution in [1.82, 2.24) is 9.55 Å². The van der Waals surface area contributed by atoms with Gasteiger partial charge in [-0.2, -0.15) is 10.5 Å². The van der Waals surface area contributed by atoms with Crippen LogP contribution in [0.5, 0.6) is 0 Å². The second kappa shape index (κ2) is 4.99. The first-order valence-corrected chi connectivity index (χ1v) is 5.36. The van der Waals surface area contributed by atoms with Crippen molar-refractivity contribution in [1.29, 1.82) is 10.5 Å². The molecular weight excluding hydrogens is 224 g/mol. The van der Waals surface area contributed by atoms with E-state index in [0.29, 0.717) is 5.82 Å². The molecule has 0 bridgehead atoms. The average molecular weight is 234 g/mol. The number of imidazole rings is 1. The van der Waals surface area contributed by atoms with Gasteiger partial charge in [-0.1, -0.05) is 36.4 Å². The van der Waals surface area contributed by atoms with E-state index in [2.05, 4.69) is 4.98 Å². The zero-order chi connectivity index (χ0) is 13.0. The standard InChI is InChI=1S/C14H10N4/c1-18-13(10-16)12(9-15)17-14(18)8-7-11-5-3-2-4-6-11/h2-8H,1H3/b8-7+. The van der Waals surface area contributed by atoms with Gasteiger partial charge in [-0.25, -0.2) is 4.98 Å². The maximum atomic E-state index is 8.94. The van der Waals surface area contributed by atoms with Crippen molar-refractivity contribution in [3.8, 4) is 12.1 Å². The molecule has 4 nitrogen and oxygen atoms in total. The summed E-state index contributed by atoms with van der Waals surface area (Å²) in [5.74, 6) is 0.590. The Kier molecular flexibility index (Phi) is 3.22. The van der Waals surface area contributed by atoms with Crippen LogP contribution in [0.2, 0.25) is 0 Å². The van der Waals surface area contributed by atoms with Crippen molar-refractivity contribution in [3.63, 3.8) is 0 Å². The van der Waals surface area contributed by atoms with Crippen molar-refractivity contribution in [2.45, 2.75) is 0 Å². The lowest BCUT2D eigenvalue weighted by Crippen LogP contribution is -1.94. The highest BCUT2D eigenvalue weighted by Gasteiger charge is 2.11. The summed E-state index contributed by atoms with van der Waals surface area (Å²) in [5, 5.41) is 17.8. The molecule has 2 rings (SSSR count). The Labute approximate surface area is 105 Å². The van der Waals surface area contributed by atoms with Gasteiger partial charge < -0.3 is 4.57 Å². The molecule has 0 saturated heterocycles. The SMILES string of the molecule is Cn1c(/C=C/c2ccccc2)nc(C#N)c1C#N. The summed E-state index contributed by atoms with van der Waals surface area (Å²) in [6.07, 6.45) is 3.68. The highest BCUT2D eigenvalue weighted by Crippen LogP contribution is 2.11. The molecule has 0 radical (unpaired) electrons. The number of benzene rings is 1. The molecule has 18 heavy (non-hydrogen) atoms. The van der Waals surface area contributed by atoms with E-state index in [1.807, 2.05) is 48.5 Å². The molecule has 4 heteroatoms. The maximum Gasteiger partial charge on any atom is 0.177 e. The molecule has 0 saturated carbocycles. The maximum absolute atomic E-state index is 8.94. The fourth-order valence-corrected chi connectivity index (χ4v) is 1.61. The lowest BCUT2D eigenvalue weighted by molar-refractivity contribution is 0.882. The smallest absolute Gasteiger partial charge is 0.177 e. The van der Waals surface area contributed by atoms with Crippen LogP contribution in [0.4, 0.5) is 0 Å². The van der Waals surface area contributed by atoms with Gasteiger partial charge in [-0.15, -0.1) is 0 Å². The summed E-state index contributed by atoms with van der Waals surface area (Å²) in [5.41, 5.74) is 1.48. The molecule has 0 unspecified atom stereocenters. The molecule has 0 atom stereocenters. The predicted molar refractivity (Wildman–Crippen MR) is 68.0 cm³/mol. The first-order chi connectivity index (χ1) is 8.76. The molecule has 0 N–H and O–H groups in total. The van der Waals surface area contributed by atoms with Crippen LogP contribution in [0.15, 0.2) is 30.3 Å². The van der Waals surface area contributed by atoms with Crippen molar-refractivity contribution < 1.29 is 0 Å². The Morgan fingerprint density at radius 2 is 1.83 bits per heavy atom. The molecule has 0 amide bonds. The van der Waals surface area contributed by atoms with Crippen LogP contribution in [0.3, 0.4) is 0 Å². The van der Waals surface area contributed by atoms with E-state index in [1.165, 1.54) is 0 Å². The van der Waals surface area contributed by atoms with Crippen molar-refractivity contribution in [2.24, 2.45) is 7.05 Å². The van der Waals surface area contributed by atoms with Crippen LogP contribution >= 0.6 is 0 Å². The number of hydrogen-bond acceptors (Lipinski definition) is 3. The Hall–Kier alpha value is -2.85. The van der Waals surface area contributed by atoms with Gasteiger partial charge in [0.1, 0.15) is 18.0 Å². The molecule has 0 fully saturated rings. The van der Waals surface area contributed by atoms with Gasteiger partial charge in [0.05, 0.1) is 0 Å². The fraction of sp³-hybridized carbons (Fsp3) is 0.0714. The molecular formula is C14H10N4. The Bertz CT molecular complexity index is 666. The van der Waals surface area contributed by atoms with E-state index in [-0.39, 0.29) is 11.4 Å². The van der Waals surface area contributed by atoms with Gasteiger partial charge in [-0.05, 0) is 11.6 Å². The van der Waals surface area contributed by atoms with Gasteiger partial charge in [0.15, 0.2) is 11.4 Å². The lowest BCUT2D eigenvalue weighted by Gasteiger charge is -1.95. The lowest BCUT2D eigenvalue weighted by atomic mass is 10.2. The minimum absolute atomic E-state index is 0.160. The van der Waals surface area contributed by atoms with Crippen LogP contribution in [0.1, 0.15) is 22.8 Å². The highest BCUT2D eigenvalue weighted by atomic mass is 15.1. The minimum atomic E-state index is 0.160. The molecule has 86 valence electrons. The van der Waals surface area contributed by atoms with Crippen LogP contribution in [-0.2, 0) is 7.05 Å². The van der Waals surface area contributed by atoms with E-state index < -0.39 is 0 Å². The Morgan fingerprint density at radius 1 is 1.11 bits per heavy atom. The van der Waals surface area contributed by atoms with E-state index >= 15 is 0 Å². The van der Waals surface area contributed by atoms with E-state index in [0.717, 1.165) is 5.56 Å². The molecule has 1 aromatic heterocycles. The highest BCUT2D eigenvalue weighted by molar-refractivity contribution is 5.67. The second-order valence-corrected chi connectivity index (χ2v) is 3.69. The monoisotopic (exact) mass is 234 g/mol. The third-order valence-corrected chi connectivity index (χ3v) is 2.57. The number of hydrogen-bond donors (Lipinski definition) is 0. The molecule has 0 spiro atoms. The molecule has 2 aromatic rings. The molecule has 0 aliphatic heterocycles. The molecule has 0 aliphatic rings. The second-order valence-electron chi connectivity index (χ2n) is 3.69. The van der Waals surface area contributed by atoms with Gasteiger partial charge in [-0.3, -0.25) is 0 Å². The predicted octanol–water partition coefficient (Wildman–Crippen LogP) is 2.33. The summed E-state index contributed by atoms with van der Waals surface area (Å²) in [4.78, 5) is 4.11. The van der Waals surface area contributed by atoms with Gasteiger partial charge in [0.2, 0.25) is 0 Å². The number of nitrogens with zero attached hydrogens (tertiary/aromatic N) is 4. The van der Waals surface area contributed by atoms with Crippen LogP contribution in [0.25, 0.3) is 12.2 Å². The zero-order valence-electron chi connectivity index (χ0n) is 9.83. The number of nitriles is 2. The largest absolute Gasteiger partial charge is 0.318 e. The van der Waals surface area contributed by atoms with Gasteiger partial charge in [0, 0.05) is 7.05 Å². The number of aromatic nitrogens is 2. The van der Waals surface area contributed by atoms with Crippen molar-refractivity contribution in [3.05, 3.63) is 53.1 Å². The summed E-state index contributed by atoms with van der Waals surface area (Å²) < 4.78 is 1.61. The van der Waals surface area contributed by atoms with Gasteiger partial charge >= 0.3 is 0 Å². The quantitative estimate of drug-likeness (QED) is 0.801. The fourth-order valence-electron chi connectivity index (χ4n) is 1.61. The van der Waals surface area contributed by atoms with Crippen LogP contribution < -0.4 is 0 Å². The van der Waals surface area contributed by atoms with Crippen molar-refractivity contribution in [2.75, 3.05) is 0 Å². The topological polar surface area (TPSA) is 65.4 Å². The third-order valence-electron chi connectivity index (χ3n) is 2.57. The molecule has 0 aliphatic carbocycles. The van der Waals surface area contributed by atoms with Crippen LogP contribution in [0, 0.1) is 22.7 Å². The Morgan fingerprint density at radius 3 is 2.39 bits per heavy atom. The van der Waals surface area contributed by atoms with Crippen molar-refractivity contribution >= 4 is 12.2 Å². The average Bonchev–Trinajstić information content (AvgIpc) is 2.73. The third kappa shape index (κ3) is 2.14. The van der Waals surface area contributed by atoms with E-state index in [9.17, 15) is 0 Å². The molecule has 1 aromatic carbocycles. The van der Waals surface area contributed by atoms with Gasteiger partial charge in [0.25, 0.3) is 0 Å². The summed E-state index contributed by atoms with van der Waals surface area (Å²) in [7, 11) is 1.72. The first-order valence-electron chi connectivity index (χ1n) is 5.36. The van der Waals surface area contributed by atoms with Crippen LogP contribution in [-0.4, -0.2) is 9.55 Å². The van der Waals surface area contributed by atoms with E-state index in [1.54, 1.807) is 17.7 Å². The molecule has 1 heterocycles. The summed E-state index contributed by atoms with van der Waals surface area (Å²) in [6.45, 7) is 0. The number of rotatable bonds is 2. The zero-order valence-corrected chi connectivity index (χ0v) is 9.83. The van der Waals surface area contributed by atoms with E-state index in [4.69, 9.17) is 10.5 Å². The first kappa shape index (κ1) is 11.6. The summed E-state index contributed by atoms with van der Waals surface area (Å²) >= 11 is 0. The minimum Gasteiger partial charge on any atom is -0.318 e. The Balaban J connectivity index is 2.37.